The lowest BCUT2D eigenvalue weighted by Gasteiger charge is -2.44. The molecule has 4 nitrogen and oxygen atoms in total. The second-order valence-corrected chi connectivity index (χ2v) is 6.95. The molecular formula is C16H24N2O2. The molecule has 20 heavy (non-hydrogen) atoms. The molecule has 2 rings (SSSR count). The summed E-state index contributed by atoms with van der Waals surface area (Å²) in [5.74, 6) is 0. The first-order valence-electron chi connectivity index (χ1n) is 6.98. The Labute approximate surface area is 121 Å². The molecule has 0 radical (unpaired) electrons. The standard InChI is InChI=1S/C16H24N2O2/c1-11-8-7-9-12-13(11)18(16(5,6)10-17-12)14(19)20-15(2,3)4/h7-9,17H,10H2,1-6H3. The molecule has 0 aliphatic carbocycles. The van der Waals surface area contributed by atoms with Crippen LogP contribution in [0.2, 0.25) is 0 Å². The van der Waals surface area contributed by atoms with Crippen LogP contribution in [0.4, 0.5) is 16.2 Å². The van der Waals surface area contributed by atoms with Gasteiger partial charge in [0.15, 0.2) is 0 Å². The summed E-state index contributed by atoms with van der Waals surface area (Å²) in [6, 6.07) is 6.00. The van der Waals surface area contributed by atoms with Gasteiger partial charge in [0, 0.05) is 6.54 Å². The van der Waals surface area contributed by atoms with E-state index in [1.807, 2.05) is 59.7 Å². The van der Waals surface area contributed by atoms with Gasteiger partial charge in [-0.15, -0.1) is 0 Å². The lowest BCUT2D eigenvalue weighted by atomic mass is 9.96. The topological polar surface area (TPSA) is 41.6 Å². The molecule has 1 aromatic rings. The lowest BCUT2D eigenvalue weighted by Crippen LogP contribution is -2.56. The van der Waals surface area contributed by atoms with E-state index in [2.05, 4.69) is 5.32 Å². The first-order valence-corrected chi connectivity index (χ1v) is 6.98. The van der Waals surface area contributed by atoms with Crippen LogP contribution in [0.5, 0.6) is 0 Å². The normalized spacial score (nSPS) is 17.2. The fourth-order valence-corrected chi connectivity index (χ4v) is 2.44. The van der Waals surface area contributed by atoms with Gasteiger partial charge in [-0.25, -0.2) is 4.79 Å². The minimum Gasteiger partial charge on any atom is -0.443 e. The van der Waals surface area contributed by atoms with Crippen molar-refractivity contribution in [3.05, 3.63) is 23.8 Å². The number of hydrogen-bond donors (Lipinski definition) is 1. The summed E-state index contributed by atoms with van der Waals surface area (Å²) < 4.78 is 5.58. The van der Waals surface area contributed by atoms with E-state index in [-0.39, 0.29) is 11.6 Å². The molecule has 1 aliphatic rings. The largest absolute Gasteiger partial charge is 0.443 e. The van der Waals surface area contributed by atoms with Crippen LogP contribution in [0.25, 0.3) is 0 Å². The molecule has 110 valence electrons. The highest BCUT2D eigenvalue weighted by atomic mass is 16.6. The monoisotopic (exact) mass is 276 g/mol. The van der Waals surface area contributed by atoms with Gasteiger partial charge in [-0.2, -0.15) is 0 Å². The van der Waals surface area contributed by atoms with E-state index in [0.717, 1.165) is 16.9 Å². The molecule has 0 spiro atoms. The average molecular weight is 276 g/mol. The number of benzene rings is 1. The zero-order valence-corrected chi connectivity index (χ0v) is 13.2. The highest BCUT2D eigenvalue weighted by Crippen LogP contribution is 2.39. The number of anilines is 2. The number of amides is 1. The van der Waals surface area contributed by atoms with Gasteiger partial charge >= 0.3 is 6.09 Å². The number of aryl methyl sites for hydroxylation is 1. The smallest absolute Gasteiger partial charge is 0.415 e. The van der Waals surface area contributed by atoms with Crippen molar-refractivity contribution in [1.29, 1.82) is 0 Å². The minimum absolute atomic E-state index is 0.292. The highest BCUT2D eigenvalue weighted by Gasteiger charge is 2.40. The van der Waals surface area contributed by atoms with Crippen molar-refractivity contribution in [3.8, 4) is 0 Å². The van der Waals surface area contributed by atoms with Crippen LogP contribution in [0, 0.1) is 6.92 Å². The van der Waals surface area contributed by atoms with E-state index in [1.165, 1.54) is 0 Å². The summed E-state index contributed by atoms with van der Waals surface area (Å²) in [7, 11) is 0. The summed E-state index contributed by atoms with van der Waals surface area (Å²) in [5, 5.41) is 3.39. The zero-order valence-electron chi connectivity index (χ0n) is 13.2. The van der Waals surface area contributed by atoms with Crippen LogP contribution in [0.15, 0.2) is 18.2 Å². The van der Waals surface area contributed by atoms with Crippen molar-refractivity contribution in [1.82, 2.24) is 0 Å². The Morgan fingerprint density at radius 3 is 2.60 bits per heavy atom. The van der Waals surface area contributed by atoms with E-state index < -0.39 is 5.60 Å². The molecule has 1 aromatic carbocycles. The second-order valence-electron chi connectivity index (χ2n) is 6.95. The Morgan fingerprint density at radius 2 is 2.00 bits per heavy atom. The maximum absolute atomic E-state index is 12.6. The number of hydrogen-bond acceptors (Lipinski definition) is 3. The molecule has 1 aliphatic heterocycles. The molecule has 0 unspecified atom stereocenters. The first kappa shape index (κ1) is 14.7. The number of carbonyl (C=O) groups excluding carboxylic acids is 1. The van der Waals surface area contributed by atoms with E-state index >= 15 is 0 Å². The third-order valence-electron chi connectivity index (χ3n) is 3.35. The fraction of sp³-hybridized carbons (Fsp3) is 0.562. The number of para-hydroxylation sites is 1. The summed E-state index contributed by atoms with van der Waals surface area (Å²) in [4.78, 5) is 14.4. The van der Waals surface area contributed by atoms with Gasteiger partial charge in [0.25, 0.3) is 0 Å². The van der Waals surface area contributed by atoms with E-state index in [0.29, 0.717) is 6.54 Å². The molecule has 0 bridgehead atoms. The van der Waals surface area contributed by atoms with Gasteiger partial charge in [0.05, 0.1) is 16.9 Å². The van der Waals surface area contributed by atoms with Gasteiger partial charge in [0.1, 0.15) is 5.60 Å². The van der Waals surface area contributed by atoms with Gasteiger partial charge in [-0.1, -0.05) is 12.1 Å². The van der Waals surface area contributed by atoms with Gasteiger partial charge in [-0.3, -0.25) is 4.90 Å². The molecular weight excluding hydrogens is 252 g/mol. The molecule has 0 atom stereocenters. The number of rotatable bonds is 0. The zero-order chi connectivity index (χ0) is 15.1. The quantitative estimate of drug-likeness (QED) is 0.780. The summed E-state index contributed by atoms with van der Waals surface area (Å²) in [5.41, 5.74) is 2.13. The van der Waals surface area contributed by atoms with Crippen LogP contribution in [-0.4, -0.2) is 23.8 Å². The van der Waals surface area contributed by atoms with Crippen LogP contribution in [-0.2, 0) is 4.74 Å². The predicted molar refractivity (Wildman–Crippen MR) is 82.5 cm³/mol. The van der Waals surface area contributed by atoms with Crippen LogP contribution >= 0.6 is 0 Å². The SMILES string of the molecule is Cc1cccc2c1N(C(=O)OC(C)(C)C)C(C)(C)CN2. The number of ether oxygens (including phenoxy) is 1. The molecule has 1 N–H and O–H groups in total. The summed E-state index contributed by atoms with van der Waals surface area (Å²) >= 11 is 0. The van der Waals surface area contributed by atoms with Gasteiger partial charge in [-0.05, 0) is 53.2 Å². The average Bonchev–Trinajstić information content (AvgIpc) is 2.26. The molecule has 0 saturated heterocycles. The Balaban J connectivity index is 2.47. The maximum atomic E-state index is 12.6. The van der Waals surface area contributed by atoms with Crippen LogP contribution < -0.4 is 10.2 Å². The van der Waals surface area contributed by atoms with Crippen molar-refractivity contribution in [2.24, 2.45) is 0 Å². The Hall–Kier alpha value is -1.71. The first-order chi connectivity index (χ1) is 9.12. The predicted octanol–water partition coefficient (Wildman–Crippen LogP) is 3.94. The number of fused-ring (bicyclic) bond motifs is 1. The second kappa shape index (κ2) is 4.69. The summed E-state index contributed by atoms with van der Waals surface area (Å²) in [6.45, 7) is 12.5. The molecule has 4 heteroatoms. The molecule has 1 heterocycles. The van der Waals surface area contributed by atoms with Crippen molar-refractivity contribution in [2.45, 2.75) is 52.7 Å². The Bertz CT molecular complexity index is 530. The van der Waals surface area contributed by atoms with Gasteiger partial charge in [0.2, 0.25) is 0 Å². The minimum atomic E-state index is -0.499. The van der Waals surface area contributed by atoms with Crippen LogP contribution in [0.1, 0.15) is 40.2 Å². The van der Waals surface area contributed by atoms with E-state index in [1.54, 1.807) is 4.90 Å². The van der Waals surface area contributed by atoms with Crippen molar-refractivity contribution in [3.63, 3.8) is 0 Å². The maximum Gasteiger partial charge on any atom is 0.415 e. The fourth-order valence-electron chi connectivity index (χ4n) is 2.44. The Kier molecular flexibility index (Phi) is 3.44. The van der Waals surface area contributed by atoms with Crippen LogP contribution in [0.3, 0.4) is 0 Å². The highest BCUT2D eigenvalue weighted by molar-refractivity contribution is 5.96. The Morgan fingerprint density at radius 1 is 1.35 bits per heavy atom. The molecule has 0 fully saturated rings. The number of nitrogens with zero attached hydrogens (tertiary/aromatic N) is 1. The third-order valence-corrected chi connectivity index (χ3v) is 3.35. The molecule has 0 aromatic heterocycles. The summed E-state index contributed by atoms with van der Waals surface area (Å²) in [6.07, 6.45) is -0.292. The van der Waals surface area contributed by atoms with Crippen molar-refractivity contribution < 1.29 is 9.53 Å². The lowest BCUT2D eigenvalue weighted by molar-refractivity contribution is 0.0546. The number of carbonyl (C=O) groups is 1. The van der Waals surface area contributed by atoms with E-state index in [4.69, 9.17) is 4.74 Å². The van der Waals surface area contributed by atoms with Crippen molar-refractivity contribution >= 4 is 17.5 Å². The van der Waals surface area contributed by atoms with E-state index in [9.17, 15) is 4.79 Å². The van der Waals surface area contributed by atoms with Gasteiger partial charge < -0.3 is 10.1 Å². The van der Waals surface area contributed by atoms with Crippen molar-refractivity contribution in [2.75, 3.05) is 16.8 Å². The molecule has 1 amide bonds. The third kappa shape index (κ3) is 2.74. The number of nitrogens with one attached hydrogen (secondary N) is 1. The molecule has 0 saturated carbocycles.